The number of para-hydroxylation sites is 2. The van der Waals surface area contributed by atoms with Gasteiger partial charge in [0.15, 0.2) is 0 Å². The zero-order valence-electron chi connectivity index (χ0n) is 22.2. The summed E-state index contributed by atoms with van der Waals surface area (Å²) in [6, 6.07) is 21.6. The molecule has 2 heteroatoms. The Bertz CT molecular complexity index is 1070. The molecule has 0 unspecified atom stereocenters. The number of aliphatic imine (C=N–C) groups is 1. The van der Waals surface area contributed by atoms with Crippen LogP contribution in [-0.4, -0.2) is 6.21 Å². The van der Waals surface area contributed by atoms with Gasteiger partial charge in [-0.3, -0.25) is 4.99 Å². The summed E-state index contributed by atoms with van der Waals surface area (Å²) in [5.41, 5.74) is 8.50. The van der Waals surface area contributed by atoms with Gasteiger partial charge in [0.25, 0.3) is 0 Å². The first kappa shape index (κ1) is 25.7. The topological polar surface area (TPSA) is 21.6 Å². The zero-order valence-corrected chi connectivity index (χ0v) is 22.2. The van der Waals surface area contributed by atoms with E-state index in [1.54, 1.807) is 0 Å². The van der Waals surface area contributed by atoms with Crippen molar-refractivity contribution in [3.8, 4) is 5.75 Å². The first-order valence-corrected chi connectivity index (χ1v) is 12.7. The number of ether oxygens (including phenoxy) is 1. The second kappa shape index (κ2) is 11.5. The molecule has 2 nitrogen and oxygen atoms in total. The standard InChI is InChI=1S/C32H41NO/c1-21(2)27-14-10-15-28(22(3)4)31(27)33-19-25-12-9-13-26(18-25)20-34-32-29(23(5)6)16-11-17-30(32)24(7)8/h9-19,21-24H,20H2,1-8H3. The molecule has 0 heterocycles. The monoisotopic (exact) mass is 455 g/mol. The Hall–Kier alpha value is -2.87. The number of benzene rings is 3. The summed E-state index contributed by atoms with van der Waals surface area (Å²) >= 11 is 0. The van der Waals surface area contributed by atoms with Gasteiger partial charge in [0, 0.05) is 6.21 Å². The largest absolute Gasteiger partial charge is 0.488 e. The minimum absolute atomic E-state index is 0.420. The van der Waals surface area contributed by atoms with E-state index >= 15 is 0 Å². The molecule has 0 fully saturated rings. The van der Waals surface area contributed by atoms with Crippen LogP contribution in [0.25, 0.3) is 0 Å². The van der Waals surface area contributed by atoms with Crippen molar-refractivity contribution in [1.29, 1.82) is 0 Å². The van der Waals surface area contributed by atoms with E-state index in [2.05, 4.69) is 116 Å². The van der Waals surface area contributed by atoms with Gasteiger partial charge in [-0.15, -0.1) is 0 Å². The van der Waals surface area contributed by atoms with Crippen molar-refractivity contribution >= 4 is 11.9 Å². The average Bonchev–Trinajstić information content (AvgIpc) is 2.80. The molecule has 0 N–H and O–H groups in total. The SMILES string of the molecule is CC(C)c1cccc(C(C)C)c1N=Cc1cccc(COc2c(C(C)C)cccc2C(C)C)c1. The number of hydrogen-bond donors (Lipinski definition) is 0. The maximum Gasteiger partial charge on any atom is 0.126 e. The number of hydrogen-bond acceptors (Lipinski definition) is 2. The van der Waals surface area contributed by atoms with Crippen LogP contribution in [-0.2, 0) is 6.61 Å². The van der Waals surface area contributed by atoms with Crippen LogP contribution >= 0.6 is 0 Å². The third-order valence-electron chi connectivity index (χ3n) is 6.34. The first-order valence-electron chi connectivity index (χ1n) is 12.7. The molecule has 180 valence electrons. The molecular weight excluding hydrogens is 414 g/mol. The zero-order chi connectivity index (χ0) is 24.8. The van der Waals surface area contributed by atoms with E-state index in [4.69, 9.17) is 9.73 Å². The van der Waals surface area contributed by atoms with Gasteiger partial charge in [-0.2, -0.15) is 0 Å². The molecule has 0 bridgehead atoms. The van der Waals surface area contributed by atoms with Crippen molar-refractivity contribution < 1.29 is 4.74 Å². The lowest BCUT2D eigenvalue weighted by atomic mass is 9.93. The second-order valence-electron chi connectivity index (χ2n) is 10.5. The summed E-state index contributed by atoms with van der Waals surface area (Å²) in [6.07, 6.45) is 2.00. The van der Waals surface area contributed by atoms with Crippen molar-refractivity contribution in [2.24, 2.45) is 4.99 Å². The van der Waals surface area contributed by atoms with Crippen LogP contribution in [0, 0.1) is 0 Å². The van der Waals surface area contributed by atoms with E-state index < -0.39 is 0 Å². The molecule has 34 heavy (non-hydrogen) atoms. The Morgan fingerprint density at radius 3 is 1.62 bits per heavy atom. The first-order chi connectivity index (χ1) is 16.2. The van der Waals surface area contributed by atoms with Gasteiger partial charge in [0.1, 0.15) is 12.4 Å². The Labute approximate surface area is 207 Å². The van der Waals surface area contributed by atoms with E-state index in [9.17, 15) is 0 Å². The lowest BCUT2D eigenvalue weighted by Gasteiger charge is -2.20. The third kappa shape index (κ3) is 6.17. The predicted octanol–water partition coefficient (Wildman–Crippen LogP) is 9.51. The summed E-state index contributed by atoms with van der Waals surface area (Å²) in [7, 11) is 0. The van der Waals surface area contributed by atoms with Gasteiger partial charge >= 0.3 is 0 Å². The lowest BCUT2D eigenvalue weighted by molar-refractivity contribution is 0.297. The molecule has 3 rings (SSSR count). The van der Waals surface area contributed by atoms with Gasteiger partial charge in [-0.05, 0) is 63.1 Å². The molecule has 3 aromatic carbocycles. The molecule has 0 amide bonds. The van der Waals surface area contributed by atoms with Crippen molar-refractivity contribution in [3.05, 3.63) is 94.0 Å². The van der Waals surface area contributed by atoms with Crippen LogP contribution in [0.15, 0.2) is 65.7 Å². The maximum atomic E-state index is 6.45. The van der Waals surface area contributed by atoms with Gasteiger partial charge < -0.3 is 4.74 Å². The summed E-state index contributed by atoms with van der Waals surface area (Å²) in [5.74, 6) is 2.74. The highest BCUT2D eigenvalue weighted by molar-refractivity contribution is 5.83. The van der Waals surface area contributed by atoms with Gasteiger partial charge in [0.2, 0.25) is 0 Å². The van der Waals surface area contributed by atoms with Crippen molar-refractivity contribution in [1.82, 2.24) is 0 Å². The molecule has 0 aliphatic rings. The molecule has 0 spiro atoms. The minimum atomic E-state index is 0.420. The fraction of sp³-hybridized carbons (Fsp3) is 0.406. The summed E-state index contributed by atoms with van der Waals surface area (Å²) in [5, 5.41) is 0. The quantitative estimate of drug-likeness (QED) is 0.294. The minimum Gasteiger partial charge on any atom is -0.488 e. The Morgan fingerprint density at radius 2 is 1.12 bits per heavy atom. The van der Waals surface area contributed by atoms with Gasteiger partial charge in [0.05, 0.1) is 5.69 Å². The van der Waals surface area contributed by atoms with E-state index in [1.807, 2.05) is 6.21 Å². The molecular formula is C32H41NO. The van der Waals surface area contributed by atoms with Gasteiger partial charge in [-0.1, -0.05) is 110 Å². The summed E-state index contributed by atoms with van der Waals surface area (Å²) in [4.78, 5) is 4.99. The van der Waals surface area contributed by atoms with Crippen LogP contribution in [0.2, 0.25) is 0 Å². The number of rotatable bonds is 9. The van der Waals surface area contributed by atoms with E-state index in [0.717, 1.165) is 22.6 Å². The predicted molar refractivity (Wildman–Crippen MR) is 147 cm³/mol. The Balaban J connectivity index is 1.87. The van der Waals surface area contributed by atoms with Crippen LogP contribution in [0.4, 0.5) is 5.69 Å². The van der Waals surface area contributed by atoms with Crippen LogP contribution in [0.5, 0.6) is 5.75 Å². The van der Waals surface area contributed by atoms with Crippen LogP contribution < -0.4 is 4.74 Å². The Kier molecular flexibility index (Phi) is 8.72. The highest BCUT2D eigenvalue weighted by atomic mass is 16.5. The highest BCUT2D eigenvalue weighted by Crippen LogP contribution is 2.36. The van der Waals surface area contributed by atoms with E-state index in [1.165, 1.54) is 22.3 Å². The van der Waals surface area contributed by atoms with Gasteiger partial charge in [-0.25, -0.2) is 0 Å². The van der Waals surface area contributed by atoms with Crippen LogP contribution in [0.3, 0.4) is 0 Å². The molecule has 0 saturated carbocycles. The van der Waals surface area contributed by atoms with E-state index in [-0.39, 0.29) is 0 Å². The van der Waals surface area contributed by atoms with Crippen molar-refractivity contribution in [3.63, 3.8) is 0 Å². The second-order valence-corrected chi connectivity index (χ2v) is 10.5. The van der Waals surface area contributed by atoms with E-state index in [0.29, 0.717) is 30.3 Å². The molecule has 0 atom stereocenters. The Morgan fingerprint density at radius 1 is 0.647 bits per heavy atom. The number of nitrogens with zero attached hydrogens (tertiary/aromatic N) is 1. The fourth-order valence-corrected chi connectivity index (χ4v) is 4.37. The fourth-order valence-electron chi connectivity index (χ4n) is 4.37. The molecule has 0 radical (unpaired) electrons. The molecule has 0 aliphatic heterocycles. The third-order valence-corrected chi connectivity index (χ3v) is 6.34. The molecule has 3 aromatic rings. The summed E-state index contributed by atoms with van der Waals surface area (Å²) < 4.78 is 6.45. The molecule has 0 aliphatic carbocycles. The smallest absolute Gasteiger partial charge is 0.126 e. The highest BCUT2D eigenvalue weighted by Gasteiger charge is 2.15. The maximum absolute atomic E-state index is 6.45. The normalized spacial score (nSPS) is 12.0. The average molecular weight is 456 g/mol. The van der Waals surface area contributed by atoms with Crippen molar-refractivity contribution in [2.75, 3.05) is 0 Å². The molecule has 0 aromatic heterocycles. The molecule has 0 saturated heterocycles. The summed E-state index contributed by atoms with van der Waals surface area (Å²) in [6.45, 7) is 18.4. The van der Waals surface area contributed by atoms with Crippen molar-refractivity contribution in [2.45, 2.75) is 85.7 Å². The lowest BCUT2D eigenvalue weighted by Crippen LogP contribution is -2.04. The van der Waals surface area contributed by atoms with Crippen LogP contribution in [0.1, 0.15) is 112 Å².